The number of anilines is 3. The summed E-state index contributed by atoms with van der Waals surface area (Å²) >= 11 is 0. The zero-order chi connectivity index (χ0) is 45.4. The minimum Gasteiger partial charge on any atom is -0.310 e. The van der Waals surface area contributed by atoms with Crippen molar-refractivity contribution in [2.24, 2.45) is 0 Å². The molecule has 0 unspecified atom stereocenters. The van der Waals surface area contributed by atoms with Crippen LogP contribution in [-0.2, 0) is 0 Å². The molecule has 0 spiro atoms. The van der Waals surface area contributed by atoms with Crippen LogP contribution in [0.15, 0.2) is 254 Å². The number of nitrogens with zero attached hydrogens (tertiary/aromatic N) is 5. The second kappa shape index (κ2) is 17.3. The van der Waals surface area contributed by atoms with Crippen LogP contribution in [0.25, 0.3) is 94.7 Å². The lowest BCUT2D eigenvalue weighted by molar-refractivity contribution is 1.07. The number of fused-ring (bicyclic) bond motifs is 3. The molecule has 0 fully saturated rings. The maximum absolute atomic E-state index is 15.3. The summed E-state index contributed by atoms with van der Waals surface area (Å²) in [5, 5.41) is 3.55. The smallest absolute Gasteiger partial charge is 0.197 e. The highest BCUT2D eigenvalue weighted by Crippen LogP contribution is 2.39. The van der Waals surface area contributed by atoms with E-state index in [4.69, 9.17) is 15.0 Å². The van der Waals surface area contributed by atoms with Crippen molar-refractivity contribution >= 4 is 49.6 Å². The Morgan fingerprint density at radius 2 is 0.721 bits per heavy atom. The number of pyridine rings is 1. The SMILES string of the molecule is O=c1c2cc(-c3nc(-c4ccccc4)nc(-c4ccccc4)n3)ccc2n(-c2ccccc2)c2ccc(N(c3ccc(-c4ccccc4)cc3)c3ccc(-c4ccc5ccccc5c4)cc3)cc12. The summed E-state index contributed by atoms with van der Waals surface area (Å²) in [6.07, 6.45) is 0. The van der Waals surface area contributed by atoms with E-state index < -0.39 is 0 Å². The predicted molar refractivity (Wildman–Crippen MR) is 280 cm³/mol. The molecule has 0 bridgehead atoms. The van der Waals surface area contributed by atoms with Gasteiger partial charge in [-0.3, -0.25) is 4.79 Å². The Balaban J connectivity index is 1.03. The molecule has 12 rings (SSSR count). The third kappa shape index (κ3) is 7.56. The highest BCUT2D eigenvalue weighted by Gasteiger charge is 2.20. The average molecular weight is 872 g/mol. The van der Waals surface area contributed by atoms with Crippen LogP contribution in [0.2, 0.25) is 0 Å². The molecule has 12 aromatic rings. The molecule has 0 radical (unpaired) electrons. The molecule has 2 aromatic heterocycles. The molecule has 6 nitrogen and oxygen atoms in total. The Hall–Kier alpha value is -9.26. The van der Waals surface area contributed by atoms with Crippen molar-refractivity contribution in [1.82, 2.24) is 19.5 Å². The van der Waals surface area contributed by atoms with E-state index in [0.29, 0.717) is 33.8 Å². The van der Waals surface area contributed by atoms with Crippen molar-refractivity contribution in [2.75, 3.05) is 4.90 Å². The Morgan fingerprint density at radius 1 is 0.309 bits per heavy atom. The van der Waals surface area contributed by atoms with E-state index in [1.165, 1.54) is 10.8 Å². The van der Waals surface area contributed by atoms with Gasteiger partial charge in [0, 0.05) is 50.2 Å². The van der Waals surface area contributed by atoms with Gasteiger partial charge >= 0.3 is 0 Å². The van der Waals surface area contributed by atoms with E-state index in [1.807, 2.05) is 109 Å². The summed E-state index contributed by atoms with van der Waals surface area (Å²) in [6, 6.07) is 85.0. The van der Waals surface area contributed by atoms with Gasteiger partial charge in [-0.2, -0.15) is 0 Å². The van der Waals surface area contributed by atoms with Crippen molar-refractivity contribution in [2.45, 2.75) is 0 Å². The minimum absolute atomic E-state index is 0.0856. The third-order valence-corrected chi connectivity index (χ3v) is 12.6. The normalized spacial score (nSPS) is 11.3. The van der Waals surface area contributed by atoms with E-state index in [-0.39, 0.29) is 5.43 Å². The first-order chi connectivity index (χ1) is 33.6. The van der Waals surface area contributed by atoms with E-state index in [2.05, 4.69) is 149 Å². The molecule has 0 atom stereocenters. The largest absolute Gasteiger partial charge is 0.310 e. The third-order valence-electron chi connectivity index (χ3n) is 12.6. The van der Waals surface area contributed by atoms with E-state index in [9.17, 15) is 0 Å². The van der Waals surface area contributed by atoms with Crippen molar-refractivity contribution in [3.05, 3.63) is 259 Å². The van der Waals surface area contributed by atoms with Gasteiger partial charge in [-0.15, -0.1) is 0 Å². The number of para-hydroxylation sites is 1. The molecule has 320 valence electrons. The molecule has 0 N–H and O–H groups in total. The van der Waals surface area contributed by atoms with Crippen LogP contribution in [0.4, 0.5) is 17.1 Å². The standard InChI is InChI=1S/C62H41N5O/c68-59-55-40-50(62-64-60(46-18-7-2-8-19-46)63-61(65-62)47-20-9-3-10-21-47)31-37-57(55)67(51-23-11-4-12-24-51)58-38-36-54(41-56(58)59)66(52-32-27-44(28-33-52)42-15-5-1-6-16-42)53-34-29-45(30-35-53)49-26-25-43-17-13-14-22-48(43)39-49/h1-41H. The first-order valence-corrected chi connectivity index (χ1v) is 22.7. The van der Waals surface area contributed by atoms with Gasteiger partial charge in [0.2, 0.25) is 0 Å². The van der Waals surface area contributed by atoms with Crippen LogP contribution in [0.1, 0.15) is 0 Å². The first-order valence-electron chi connectivity index (χ1n) is 22.7. The van der Waals surface area contributed by atoms with E-state index in [0.717, 1.165) is 67.2 Å². The lowest BCUT2D eigenvalue weighted by atomic mass is 10.0. The molecule has 0 aliphatic carbocycles. The monoisotopic (exact) mass is 871 g/mol. The fourth-order valence-corrected chi connectivity index (χ4v) is 9.21. The maximum atomic E-state index is 15.3. The van der Waals surface area contributed by atoms with Gasteiger partial charge in [0.15, 0.2) is 22.9 Å². The first kappa shape index (κ1) is 40.3. The number of aromatic nitrogens is 4. The van der Waals surface area contributed by atoms with E-state index in [1.54, 1.807) is 0 Å². The van der Waals surface area contributed by atoms with Crippen molar-refractivity contribution in [3.63, 3.8) is 0 Å². The average Bonchev–Trinajstić information content (AvgIpc) is 3.42. The van der Waals surface area contributed by atoms with Crippen LogP contribution in [0.3, 0.4) is 0 Å². The minimum atomic E-state index is -0.0856. The number of hydrogen-bond acceptors (Lipinski definition) is 5. The van der Waals surface area contributed by atoms with Crippen LogP contribution < -0.4 is 10.3 Å². The lowest BCUT2D eigenvalue weighted by Crippen LogP contribution is -2.14. The maximum Gasteiger partial charge on any atom is 0.197 e. The number of benzene rings is 10. The van der Waals surface area contributed by atoms with Crippen LogP contribution >= 0.6 is 0 Å². The van der Waals surface area contributed by atoms with Gasteiger partial charge in [0.1, 0.15) is 0 Å². The summed E-state index contributed by atoms with van der Waals surface area (Å²) in [7, 11) is 0. The quantitative estimate of drug-likeness (QED) is 0.135. The Labute approximate surface area is 393 Å². The van der Waals surface area contributed by atoms with Gasteiger partial charge in [0.25, 0.3) is 0 Å². The zero-order valence-corrected chi connectivity index (χ0v) is 36.8. The van der Waals surface area contributed by atoms with Crippen LogP contribution in [0.5, 0.6) is 0 Å². The van der Waals surface area contributed by atoms with Crippen molar-refractivity contribution in [3.8, 4) is 62.1 Å². The molecular weight excluding hydrogens is 831 g/mol. The highest BCUT2D eigenvalue weighted by molar-refractivity contribution is 5.99. The predicted octanol–water partition coefficient (Wildman–Crippen LogP) is 15.3. The van der Waals surface area contributed by atoms with Gasteiger partial charge in [-0.25, -0.2) is 15.0 Å². The second-order valence-corrected chi connectivity index (χ2v) is 16.8. The zero-order valence-electron chi connectivity index (χ0n) is 36.8. The molecule has 0 aliphatic heterocycles. The Morgan fingerprint density at radius 3 is 1.31 bits per heavy atom. The summed E-state index contributed by atoms with van der Waals surface area (Å²) in [4.78, 5) is 32.4. The molecule has 10 aromatic carbocycles. The molecule has 0 amide bonds. The van der Waals surface area contributed by atoms with Gasteiger partial charge < -0.3 is 9.47 Å². The Kier molecular flexibility index (Phi) is 10.2. The number of rotatable bonds is 9. The molecule has 2 heterocycles. The molecule has 0 aliphatic rings. The second-order valence-electron chi connectivity index (χ2n) is 16.8. The fraction of sp³-hybridized carbons (Fsp3) is 0. The fourth-order valence-electron chi connectivity index (χ4n) is 9.21. The highest BCUT2D eigenvalue weighted by atomic mass is 16.1. The van der Waals surface area contributed by atoms with Crippen molar-refractivity contribution in [1.29, 1.82) is 0 Å². The van der Waals surface area contributed by atoms with Crippen LogP contribution in [0, 0.1) is 0 Å². The molecule has 68 heavy (non-hydrogen) atoms. The topological polar surface area (TPSA) is 63.9 Å². The summed E-state index contributed by atoms with van der Waals surface area (Å²) in [5.41, 5.74) is 12.2. The lowest BCUT2D eigenvalue weighted by Gasteiger charge is -2.27. The number of hydrogen-bond donors (Lipinski definition) is 0. The summed E-state index contributed by atoms with van der Waals surface area (Å²) < 4.78 is 2.18. The van der Waals surface area contributed by atoms with Crippen molar-refractivity contribution < 1.29 is 0 Å². The summed E-state index contributed by atoms with van der Waals surface area (Å²) in [5.74, 6) is 1.60. The van der Waals surface area contributed by atoms with E-state index >= 15 is 4.79 Å². The van der Waals surface area contributed by atoms with Gasteiger partial charge in [-0.1, -0.05) is 170 Å². The molecule has 6 heteroatoms. The Bertz CT molecular complexity index is 3780. The van der Waals surface area contributed by atoms with Gasteiger partial charge in [-0.05, 0) is 112 Å². The molecule has 0 saturated carbocycles. The molecular formula is C62H41N5O. The molecule has 0 saturated heterocycles. The van der Waals surface area contributed by atoms with Crippen LogP contribution in [-0.4, -0.2) is 19.5 Å². The van der Waals surface area contributed by atoms with Gasteiger partial charge in [0.05, 0.1) is 11.0 Å². The summed E-state index contributed by atoms with van der Waals surface area (Å²) in [6.45, 7) is 0.